The molecule has 106 valence electrons. The summed E-state index contributed by atoms with van der Waals surface area (Å²) in [6.45, 7) is 0.834. The molecule has 0 radical (unpaired) electrons. The minimum atomic E-state index is -1.10. The number of carboxylic acids is 1. The third kappa shape index (κ3) is 3.64. The van der Waals surface area contributed by atoms with E-state index in [9.17, 15) is 14.4 Å². The number of nitrogens with one attached hydrogen (secondary N) is 2. The highest BCUT2D eigenvalue weighted by Gasteiger charge is 2.15. The lowest BCUT2D eigenvalue weighted by Crippen LogP contribution is -2.18. The van der Waals surface area contributed by atoms with Gasteiger partial charge in [0, 0.05) is 18.2 Å². The second-order valence-electron chi connectivity index (χ2n) is 3.93. The zero-order chi connectivity index (χ0) is 15.3. The molecule has 0 aliphatic carbocycles. The van der Waals surface area contributed by atoms with Crippen LogP contribution in [-0.4, -0.2) is 42.2 Å². The highest BCUT2D eigenvalue weighted by Crippen LogP contribution is 2.19. The van der Waals surface area contributed by atoms with E-state index in [1.807, 2.05) is 0 Å². The number of methoxy groups -OCH3 is 1. The van der Waals surface area contributed by atoms with Gasteiger partial charge in [0.1, 0.15) is 12.3 Å². The number of hydrogen-bond acceptors (Lipinski definition) is 6. The zero-order valence-electron chi connectivity index (χ0n) is 11.0. The highest BCUT2D eigenvalue weighted by atomic mass is 16.5. The van der Waals surface area contributed by atoms with Crippen molar-refractivity contribution >= 4 is 29.1 Å². The standard InChI is InChI=1S/C13H14N2O5/c1-7(16)12(14)9-4-3-8(13(19)20-2)5-10(9)15-6-11(17)18/h3-5,14-15H,6H2,1-2H3,(H,17,18). The van der Waals surface area contributed by atoms with Gasteiger partial charge >= 0.3 is 11.9 Å². The molecule has 1 aromatic carbocycles. The first-order valence-electron chi connectivity index (χ1n) is 5.64. The van der Waals surface area contributed by atoms with Crippen molar-refractivity contribution < 1.29 is 24.2 Å². The Morgan fingerprint density at radius 2 is 2.00 bits per heavy atom. The van der Waals surface area contributed by atoms with Crippen LogP contribution in [0.3, 0.4) is 0 Å². The number of esters is 1. The lowest BCUT2D eigenvalue weighted by atomic mass is 10.0. The largest absolute Gasteiger partial charge is 0.480 e. The van der Waals surface area contributed by atoms with Gasteiger partial charge in [-0.2, -0.15) is 0 Å². The van der Waals surface area contributed by atoms with Gasteiger partial charge in [-0.1, -0.05) is 0 Å². The molecule has 1 aromatic rings. The average molecular weight is 278 g/mol. The molecule has 7 nitrogen and oxygen atoms in total. The van der Waals surface area contributed by atoms with E-state index >= 15 is 0 Å². The molecule has 7 heteroatoms. The molecule has 20 heavy (non-hydrogen) atoms. The summed E-state index contributed by atoms with van der Waals surface area (Å²) in [4.78, 5) is 33.3. The molecule has 0 fully saturated rings. The normalized spacial score (nSPS) is 9.70. The summed E-state index contributed by atoms with van der Waals surface area (Å²) in [5, 5.41) is 18.9. The molecule has 0 saturated carbocycles. The van der Waals surface area contributed by atoms with E-state index in [1.165, 1.54) is 32.2 Å². The molecular weight excluding hydrogens is 264 g/mol. The van der Waals surface area contributed by atoms with Crippen LogP contribution in [0.4, 0.5) is 5.69 Å². The molecule has 0 saturated heterocycles. The summed E-state index contributed by atoms with van der Waals surface area (Å²) in [5.74, 6) is -2.16. The number of rotatable bonds is 6. The van der Waals surface area contributed by atoms with Crippen LogP contribution in [0.25, 0.3) is 0 Å². The van der Waals surface area contributed by atoms with Crippen molar-refractivity contribution in [1.82, 2.24) is 0 Å². The number of aliphatic carboxylic acids is 1. The highest BCUT2D eigenvalue weighted by molar-refractivity contribution is 6.45. The zero-order valence-corrected chi connectivity index (χ0v) is 11.0. The van der Waals surface area contributed by atoms with Crippen molar-refractivity contribution in [2.24, 2.45) is 0 Å². The predicted octanol–water partition coefficient (Wildman–Crippen LogP) is 0.927. The van der Waals surface area contributed by atoms with Crippen LogP contribution in [0.2, 0.25) is 0 Å². The van der Waals surface area contributed by atoms with Crippen LogP contribution in [-0.2, 0) is 14.3 Å². The minimum absolute atomic E-state index is 0.195. The monoisotopic (exact) mass is 278 g/mol. The summed E-state index contributed by atoms with van der Waals surface area (Å²) in [7, 11) is 1.22. The Morgan fingerprint density at radius 3 is 2.50 bits per heavy atom. The number of carboxylic acid groups (broad SMARTS) is 1. The van der Waals surface area contributed by atoms with E-state index in [2.05, 4.69) is 10.1 Å². The summed E-state index contributed by atoms with van der Waals surface area (Å²) >= 11 is 0. The van der Waals surface area contributed by atoms with Gasteiger partial charge < -0.3 is 15.2 Å². The van der Waals surface area contributed by atoms with E-state index < -0.39 is 24.3 Å². The van der Waals surface area contributed by atoms with Gasteiger partial charge in [0.05, 0.1) is 12.7 Å². The van der Waals surface area contributed by atoms with Crippen LogP contribution in [0.1, 0.15) is 22.8 Å². The predicted molar refractivity (Wildman–Crippen MR) is 71.4 cm³/mol. The number of Topliss-reactive ketones (excluding diaryl/α,β-unsaturated/α-hetero) is 1. The van der Waals surface area contributed by atoms with Crippen molar-refractivity contribution in [3.63, 3.8) is 0 Å². The lowest BCUT2D eigenvalue weighted by Gasteiger charge is -2.12. The van der Waals surface area contributed by atoms with Gasteiger partial charge in [0.2, 0.25) is 0 Å². The molecule has 0 bridgehead atoms. The molecule has 0 aliphatic heterocycles. The van der Waals surface area contributed by atoms with E-state index in [1.54, 1.807) is 0 Å². The number of hydrogen-bond donors (Lipinski definition) is 3. The molecule has 0 aliphatic rings. The number of carbonyl (C=O) groups excluding carboxylic acids is 2. The maximum Gasteiger partial charge on any atom is 0.337 e. The topological polar surface area (TPSA) is 117 Å². The van der Waals surface area contributed by atoms with Crippen molar-refractivity contribution in [1.29, 1.82) is 5.41 Å². The Balaban J connectivity index is 3.22. The van der Waals surface area contributed by atoms with Crippen LogP contribution < -0.4 is 5.32 Å². The minimum Gasteiger partial charge on any atom is -0.480 e. The van der Waals surface area contributed by atoms with Gasteiger partial charge in [-0.25, -0.2) is 4.79 Å². The SMILES string of the molecule is COC(=O)c1ccc(C(=N)C(C)=O)c(NCC(=O)O)c1. The van der Waals surface area contributed by atoms with Crippen molar-refractivity contribution in [3.8, 4) is 0 Å². The second-order valence-corrected chi connectivity index (χ2v) is 3.93. The van der Waals surface area contributed by atoms with Crippen LogP contribution >= 0.6 is 0 Å². The van der Waals surface area contributed by atoms with E-state index in [0.717, 1.165) is 0 Å². The van der Waals surface area contributed by atoms with Crippen molar-refractivity contribution in [3.05, 3.63) is 29.3 Å². The average Bonchev–Trinajstić information content (AvgIpc) is 2.42. The quantitative estimate of drug-likeness (QED) is 0.526. The fourth-order valence-electron chi connectivity index (χ4n) is 1.51. The number of anilines is 1. The Morgan fingerprint density at radius 1 is 1.35 bits per heavy atom. The van der Waals surface area contributed by atoms with Gasteiger partial charge in [-0.05, 0) is 18.2 Å². The summed E-state index contributed by atoms with van der Waals surface area (Å²) in [6, 6.07) is 4.16. The van der Waals surface area contributed by atoms with E-state index in [-0.39, 0.29) is 22.5 Å². The fourth-order valence-corrected chi connectivity index (χ4v) is 1.51. The van der Waals surface area contributed by atoms with Crippen LogP contribution in [0, 0.1) is 5.41 Å². The van der Waals surface area contributed by atoms with Gasteiger partial charge in [-0.15, -0.1) is 0 Å². The molecule has 0 atom stereocenters. The third-order valence-corrected chi connectivity index (χ3v) is 2.49. The maximum atomic E-state index is 11.4. The summed E-state index contributed by atoms with van der Waals surface area (Å²) < 4.78 is 4.56. The first-order valence-corrected chi connectivity index (χ1v) is 5.64. The number of benzene rings is 1. The van der Waals surface area contributed by atoms with Crippen molar-refractivity contribution in [2.45, 2.75) is 6.92 Å². The van der Waals surface area contributed by atoms with E-state index in [4.69, 9.17) is 10.5 Å². The summed E-state index contributed by atoms with van der Waals surface area (Å²) in [5.41, 5.74) is 0.372. The van der Waals surface area contributed by atoms with Gasteiger partial charge in [0.25, 0.3) is 0 Å². The molecule has 0 spiro atoms. The van der Waals surface area contributed by atoms with Crippen LogP contribution in [0.15, 0.2) is 18.2 Å². The molecule has 3 N–H and O–H groups in total. The number of ketones is 1. The van der Waals surface area contributed by atoms with Crippen molar-refractivity contribution in [2.75, 3.05) is 19.0 Å². The second kappa shape index (κ2) is 6.46. The summed E-state index contributed by atoms with van der Waals surface area (Å²) in [6.07, 6.45) is 0. The Hall–Kier alpha value is -2.70. The number of carbonyl (C=O) groups is 3. The molecule has 0 heterocycles. The molecule has 0 amide bonds. The number of ether oxygens (including phenoxy) is 1. The van der Waals surface area contributed by atoms with E-state index in [0.29, 0.717) is 0 Å². The molecule has 0 aromatic heterocycles. The lowest BCUT2D eigenvalue weighted by molar-refractivity contribution is -0.134. The first kappa shape index (κ1) is 15.4. The smallest absolute Gasteiger partial charge is 0.337 e. The first-order chi connectivity index (χ1) is 9.36. The fraction of sp³-hybridized carbons (Fsp3) is 0.231. The van der Waals surface area contributed by atoms with Crippen LogP contribution in [0.5, 0.6) is 0 Å². The van der Waals surface area contributed by atoms with Gasteiger partial charge in [-0.3, -0.25) is 15.0 Å². The Labute approximate surface area is 115 Å². The molecule has 1 rings (SSSR count). The Bertz CT molecular complexity index is 580. The molecular formula is C13H14N2O5. The molecule has 0 unspecified atom stereocenters. The Kier molecular flexibility index (Phi) is 4.96. The third-order valence-electron chi connectivity index (χ3n) is 2.49. The van der Waals surface area contributed by atoms with Gasteiger partial charge in [0.15, 0.2) is 5.78 Å². The maximum absolute atomic E-state index is 11.4.